The van der Waals surface area contributed by atoms with E-state index in [1.165, 1.54) is 6.33 Å². The minimum Gasteiger partial charge on any atom is -0.388 e. The van der Waals surface area contributed by atoms with Crippen molar-refractivity contribution < 1.29 is 5.11 Å². The maximum atomic E-state index is 9.44. The normalized spacial score (nSPS) is 12.9. The molecule has 60 valence electrons. The van der Waals surface area contributed by atoms with Crippen LogP contribution in [-0.2, 0) is 0 Å². The molecule has 1 atom stereocenters. The van der Waals surface area contributed by atoms with Crippen molar-refractivity contribution in [1.29, 1.82) is 0 Å². The van der Waals surface area contributed by atoms with Gasteiger partial charge in [0.1, 0.15) is 6.33 Å². The monoisotopic (exact) mass is 152 g/mol. The first-order chi connectivity index (χ1) is 5.34. The van der Waals surface area contributed by atoms with Crippen LogP contribution in [0.2, 0.25) is 0 Å². The summed E-state index contributed by atoms with van der Waals surface area (Å²) in [6, 6.07) is 0. The molecule has 0 radical (unpaired) electrons. The zero-order valence-corrected chi connectivity index (χ0v) is 6.57. The molecule has 1 N–H and O–H groups in total. The Balaban J connectivity index is 2.61. The Morgan fingerprint density at radius 3 is 2.64 bits per heavy atom. The molecule has 1 aromatic rings. The molecule has 3 nitrogen and oxygen atoms in total. The molecule has 0 aliphatic heterocycles. The highest BCUT2D eigenvalue weighted by molar-refractivity contribution is 5.05. The highest BCUT2D eigenvalue weighted by Crippen LogP contribution is 2.14. The minimum absolute atomic E-state index is 0.402. The molecule has 0 aliphatic carbocycles. The zero-order chi connectivity index (χ0) is 8.10. The third kappa shape index (κ3) is 2.27. The lowest BCUT2D eigenvalue weighted by Gasteiger charge is -2.06. The van der Waals surface area contributed by atoms with Gasteiger partial charge in [0, 0.05) is 18.0 Å². The Labute approximate surface area is 66.1 Å². The lowest BCUT2D eigenvalue weighted by atomic mass is 10.1. The van der Waals surface area contributed by atoms with Crippen LogP contribution in [0.1, 0.15) is 31.4 Å². The van der Waals surface area contributed by atoms with Gasteiger partial charge in [-0.05, 0) is 6.42 Å². The molecule has 0 amide bonds. The van der Waals surface area contributed by atoms with Crippen LogP contribution in [0.3, 0.4) is 0 Å². The quantitative estimate of drug-likeness (QED) is 0.710. The van der Waals surface area contributed by atoms with Gasteiger partial charge in [-0.2, -0.15) is 0 Å². The van der Waals surface area contributed by atoms with E-state index in [0.717, 1.165) is 18.4 Å². The van der Waals surface area contributed by atoms with E-state index in [1.807, 2.05) is 6.92 Å². The number of hydrogen-bond acceptors (Lipinski definition) is 3. The van der Waals surface area contributed by atoms with E-state index < -0.39 is 6.10 Å². The zero-order valence-electron chi connectivity index (χ0n) is 6.57. The molecule has 1 rings (SSSR count). The van der Waals surface area contributed by atoms with Crippen molar-refractivity contribution in [3.05, 3.63) is 24.3 Å². The van der Waals surface area contributed by atoms with Crippen LogP contribution in [0.25, 0.3) is 0 Å². The molecule has 0 spiro atoms. The van der Waals surface area contributed by atoms with Gasteiger partial charge in [0.2, 0.25) is 0 Å². The second kappa shape index (κ2) is 4.03. The van der Waals surface area contributed by atoms with Gasteiger partial charge in [-0.3, -0.25) is 0 Å². The minimum atomic E-state index is -0.402. The summed E-state index contributed by atoms with van der Waals surface area (Å²) in [5.41, 5.74) is 0.800. The van der Waals surface area contributed by atoms with Crippen LogP contribution >= 0.6 is 0 Å². The van der Waals surface area contributed by atoms with Gasteiger partial charge in [-0.15, -0.1) is 0 Å². The second-order valence-electron chi connectivity index (χ2n) is 2.48. The fourth-order valence-corrected chi connectivity index (χ4v) is 0.923. The van der Waals surface area contributed by atoms with Crippen molar-refractivity contribution in [3.63, 3.8) is 0 Å². The standard InChI is InChI=1S/C8H12N2O/c1-2-3-8(11)7-4-9-6-10-5-7/h4-6,8,11H,2-3H2,1H3/t8-/m1/s1. The predicted molar refractivity (Wildman–Crippen MR) is 41.9 cm³/mol. The van der Waals surface area contributed by atoms with E-state index >= 15 is 0 Å². The van der Waals surface area contributed by atoms with Crippen LogP contribution in [0.15, 0.2) is 18.7 Å². The van der Waals surface area contributed by atoms with Gasteiger partial charge in [0.15, 0.2) is 0 Å². The number of aromatic nitrogens is 2. The van der Waals surface area contributed by atoms with Crippen LogP contribution in [0.4, 0.5) is 0 Å². The average molecular weight is 152 g/mol. The van der Waals surface area contributed by atoms with Gasteiger partial charge in [-0.1, -0.05) is 13.3 Å². The van der Waals surface area contributed by atoms with Crippen LogP contribution < -0.4 is 0 Å². The molecule has 0 bridgehead atoms. The van der Waals surface area contributed by atoms with E-state index in [2.05, 4.69) is 9.97 Å². The summed E-state index contributed by atoms with van der Waals surface area (Å²) in [5, 5.41) is 9.44. The predicted octanol–water partition coefficient (Wildman–Crippen LogP) is 1.31. The van der Waals surface area contributed by atoms with Crippen molar-refractivity contribution in [1.82, 2.24) is 9.97 Å². The van der Waals surface area contributed by atoms with Crippen LogP contribution in [0, 0.1) is 0 Å². The molecule has 11 heavy (non-hydrogen) atoms. The Bertz CT molecular complexity index is 201. The molecule has 0 unspecified atom stereocenters. The number of aliphatic hydroxyl groups excluding tert-OH is 1. The maximum absolute atomic E-state index is 9.44. The van der Waals surface area contributed by atoms with E-state index in [4.69, 9.17) is 0 Å². The molecular weight excluding hydrogens is 140 g/mol. The van der Waals surface area contributed by atoms with Crippen molar-refractivity contribution >= 4 is 0 Å². The summed E-state index contributed by atoms with van der Waals surface area (Å²) in [6.45, 7) is 2.03. The maximum Gasteiger partial charge on any atom is 0.115 e. The third-order valence-corrected chi connectivity index (χ3v) is 1.53. The van der Waals surface area contributed by atoms with Crippen LogP contribution in [0.5, 0.6) is 0 Å². The summed E-state index contributed by atoms with van der Waals surface area (Å²) in [4.78, 5) is 7.63. The Kier molecular flexibility index (Phi) is 2.98. The van der Waals surface area contributed by atoms with Gasteiger partial charge in [0.25, 0.3) is 0 Å². The van der Waals surface area contributed by atoms with E-state index in [9.17, 15) is 5.11 Å². The van der Waals surface area contributed by atoms with E-state index in [0.29, 0.717) is 0 Å². The fraction of sp³-hybridized carbons (Fsp3) is 0.500. The smallest absolute Gasteiger partial charge is 0.115 e. The second-order valence-corrected chi connectivity index (χ2v) is 2.48. The summed E-state index contributed by atoms with van der Waals surface area (Å²) in [5.74, 6) is 0. The van der Waals surface area contributed by atoms with Crippen molar-refractivity contribution in [3.8, 4) is 0 Å². The van der Waals surface area contributed by atoms with Gasteiger partial charge >= 0.3 is 0 Å². The Morgan fingerprint density at radius 2 is 2.09 bits per heavy atom. The van der Waals surface area contributed by atoms with Crippen LogP contribution in [-0.4, -0.2) is 15.1 Å². The highest BCUT2D eigenvalue weighted by Gasteiger charge is 2.04. The molecule has 0 aliphatic rings. The Morgan fingerprint density at radius 1 is 1.45 bits per heavy atom. The first-order valence-corrected chi connectivity index (χ1v) is 3.77. The number of nitrogens with zero attached hydrogens (tertiary/aromatic N) is 2. The summed E-state index contributed by atoms with van der Waals surface area (Å²) in [6.07, 6.45) is 6.09. The number of hydrogen-bond donors (Lipinski definition) is 1. The first-order valence-electron chi connectivity index (χ1n) is 3.77. The largest absolute Gasteiger partial charge is 0.388 e. The lowest BCUT2D eigenvalue weighted by Crippen LogP contribution is -1.97. The van der Waals surface area contributed by atoms with Crippen molar-refractivity contribution in [2.45, 2.75) is 25.9 Å². The Hall–Kier alpha value is -0.960. The first kappa shape index (κ1) is 8.14. The van der Waals surface area contributed by atoms with Crippen molar-refractivity contribution in [2.24, 2.45) is 0 Å². The molecule has 0 aromatic carbocycles. The molecule has 1 heterocycles. The van der Waals surface area contributed by atoms with E-state index in [1.54, 1.807) is 12.4 Å². The summed E-state index contributed by atoms with van der Waals surface area (Å²) in [7, 11) is 0. The molecular formula is C8H12N2O. The topological polar surface area (TPSA) is 46.0 Å². The summed E-state index contributed by atoms with van der Waals surface area (Å²) >= 11 is 0. The van der Waals surface area contributed by atoms with Gasteiger partial charge < -0.3 is 5.11 Å². The molecule has 0 fully saturated rings. The fourth-order valence-electron chi connectivity index (χ4n) is 0.923. The molecule has 1 aromatic heterocycles. The lowest BCUT2D eigenvalue weighted by molar-refractivity contribution is 0.165. The SMILES string of the molecule is CCC[C@@H](O)c1cncnc1. The number of aliphatic hydroxyl groups is 1. The van der Waals surface area contributed by atoms with Gasteiger partial charge in [0.05, 0.1) is 6.10 Å². The number of rotatable bonds is 3. The molecule has 0 saturated carbocycles. The highest BCUT2D eigenvalue weighted by atomic mass is 16.3. The molecule has 3 heteroatoms. The van der Waals surface area contributed by atoms with Gasteiger partial charge in [-0.25, -0.2) is 9.97 Å². The third-order valence-electron chi connectivity index (χ3n) is 1.53. The molecule has 0 saturated heterocycles. The van der Waals surface area contributed by atoms with E-state index in [-0.39, 0.29) is 0 Å². The average Bonchev–Trinajstić information content (AvgIpc) is 2.07. The van der Waals surface area contributed by atoms with Crippen molar-refractivity contribution in [2.75, 3.05) is 0 Å². The summed E-state index contributed by atoms with van der Waals surface area (Å²) < 4.78 is 0.